The monoisotopic (exact) mass is 273 g/mol. The molecule has 3 rings (SSSR count). The third-order valence-corrected chi connectivity index (χ3v) is 3.70. The molecule has 2 aromatic rings. The maximum atomic E-state index is 5.82. The van der Waals surface area contributed by atoms with Gasteiger partial charge in [-0.3, -0.25) is 9.88 Å². The standard InChI is InChI=1S/C14H19N5O/c1-12(14-4-2-3-5-15-14)18-8-9-20-13(10-18)11-19-7-6-16-17-19/h2-7,12-13H,8-11H2,1H3. The van der Waals surface area contributed by atoms with Gasteiger partial charge in [-0.25, -0.2) is 4.68 Å². The molecule has 20 heavy (non-hydrogen) atoms. The third kappa shape index (κ3) is 3.02. The molecule has 6 nitrogen and oxygen atoms in total. The zero-order valence-corrected chi connectivity index (χ0v) is 11.6. The largest absolute Gasteiger partial charge is 0.374 e. The van der Waals surface area contributed by atoms with Crippen molar-refractivity contribution in [3.8, 4) is 0 Å². The predicted octanol–water partition coefficient (Wildman–Crippen LogP) is 1.14. The zero-order valence-electron chi connectivity index (χ0n) is 11.6. The van der Waals surface area contributed by atoms with E-state index >= 15 is 0 Å². The van der Waals surface area contributed by atoms with E-state index in [9.17, 15) is 0 Å². The molecule has 2 atom stereocenters. The van der Waals surface area contributed by atoms with Gasteiger partial charge in [0.15, 0.2) is 0 Å². The Kier molecular flexibility index (Phi) is 4.03. The second kappa shape index (κ2) is 6.11. The molecular weight excluding hydrogens is 254 g/mol. The average molecular weight is 273 g/mol. The molecule has 0 spiro atoms. The first-order chi connectivity index (χ1) is 9.83. The fourth-order valence-corrected chi connectivity index (χ4v) is 2.55. The van der Waals surface area contributed by atoms with Crippen LogP contribution in [0.2, 0.25) is 0 Å². The van der Waals surface area contributed by atoms with E-state index < -0.39 is 0 Å². The molecule has 0 aromatic carbocycles. The molecule has 0 saturated carbocycles. The van der Waals surface area contributed by atoms with Crippen molar-refractivity contribution in [2.75, 3.05) is 19.7 Å². The van der Waals surface area contributed by atoms with Crippen LogP contribution in [-0.2, 0) is 11.3 Å². The summed E-state index contributed by atoms with van der Waals surface area (Å²) in [5.74, 6) is 0. The number of hydrogen-bond acceptors (Lipinski definition) is 5. The van der Waals surface area contributed by atoms with Crippen LogP contribution in [0.4, 0.5) is 0 Å². The van der Waals surface area contributed by atoms with Crippen LogP contribution in [0, 0.1) is 0 Å². The maximum Gasteiger partial charge on any atom is 0.0898 e. The fraction of sp³-hybridized carbons (Fsp3) is 0.500. The average Bonchev–Trinajstić information content (AvgIpc) is 3.01. The lowest BCUT2D eigenvalue weighted by Gasteiger charge is -2.36. The zero-order chi connectivity index (χ0) is 13.8. The van der Waals surface area contributed by atoms with Crippen molar-refractivity contribution < 1.29 is 4.74 Å². The molecule has 0 N–H and O–H groups in total. The van der Waals surface area contributed by atoms with Gasteiger partial charge in [0.1, 0.15) is 0 Å². The van der Waals surface area contributed by atoms with Gasteiger partial charge in [0.25, 0.3) is 0 Å². The molecule has 1 aliphatic rings. The number of aromatic nitrogens is 4. The Balaban J connectivity index is 1.63. The Bertz CT molecular complexity index is 516. The SMILES string of the molecule is CC(c1ccccn1)N1CCOC(Cn2ccnn2)C1. The van der Waals surface area contributed by atoms with Crippen molar-refractivity contribution in [1.29, 1.82) is 0 Å². The predicted molar refractivity (Wildman–Crippen MR) is 74.0 cm³/mol. The lowest BCUT2D eigenvalue weighted by atomic mass is 10.1. The van der Waals surface area contributed by atoms with Crippen molar-refractivity contribution in [3.63, 3.8) is 0 Å². The molecule has 0 amide bonds. The highest BCUT2D eigenvalue weighted by Gasteiger charge is 2.25. The van der Waals surface area contributed by atoms with E-state index in [2.05, 4.69) is 33.2 Å². The van der Waals surface area contributed by atoms with E-state index in [-0.39, 0.29) is 6.10 Å². The molecular formula is C14H19N5O. The van der Waals surface area contributed by atoms with E-state index in [1.54, 1.807) is 6.20 Å². The Morgan fingerprint density at radius 2 is 2.35 bits per heavy atom. The summed E-state index contributed by atoms with van der Waals surface area (Å²) >= 11 is 0. The van der Waals surface area contributed by atoms with Gasteiger partial charge in [-0.05, 0) is 19.1 Å². The maximum absolute atomic E-state index is 5.82. The van der Waals surface area contributed by atoms with Gasteiger partial charge in [0.05, 0.1) is 31.1 Å². The molecule has 2 unspecified atom stereocenters. The van der Waals surface area contributed by atoms with Gasteiger partial charge in [-0.15, -0.1) is 5.10 Å². The van der Waals surface area contributed by atoms with Crippen LogP contribution in [0.5, 0.6) is 0 Å². The van der Waals surface area contributed by atoms with Crippen LogP contribution in [0.3, 0.4) is 0 Å². The minimum atomic E-state index is 0.150. The molecule has 1 saturated heterocycles. The summed E-state index contributed by atoms with van der Waals surface area (Å²) in [6.07, 6.45) is 5.55. The van der Waals surface area contributed by atoms with Crippen LogP contribution >= 0.6 is 0 Å². The van der Waals surface area contributed by atoms with Crippen LogP contribution < -0.4 is 0 Å². The van der Waals surface area contributed by atoms with Crippen molar-refractivity contribution >= 4 is 0 Å². The summed E-state index contributed by atoms with van der Waals surface area (Å²) in [5.41, 5.74) is 1.11. The number of morpholine rings is 1. The molecule has 0 radical (unpaired) electrons. The molecule has 106 valence electrons. The van der Waals surface area contributed by atoms with E-state index in [1.165, 1.54) is 0 Å². The highest BCUT2D eigenvalue weighted by molar-refractivity contribution is 5.08. The second-order valence-electron chi connectivity index (χ2n) is 5.04. The van der Waals surface area contributed by atoms with Crippen molar-refractivity contribution in [2.24, 2.45) is 0 Å². The highest BCUT2D eigenvalue weighted by atomic mass is 16.5. The van der Waals surface area contributed by atoms with Gasteiger partial charge >= 0.3 is 0 Å². The normalized spacial score (nSPS) is 21.8. The van der Waals surface area contributed by atoms with E-state index in [0.29, 0.717) is 6.04 Å². The smallest absolute Gasteiger partial charge is 0.0898 e. The topological polar surface area (TPSA) is 56.1 Å². The molecule has 1 fully saturated rings. The Labute approximate surface area is 118 Å². The Morgan fingerprint density at radius 1 is 1.40 bits per heavy atom. The summed E-state index contributed by atoms with van der Waals surface area (Å²) in [4.78, 5) is 6.85. The van der Waals surface area contributed by atoms with E-state index in [4.69, 9.17) is 4.74 Å². The molecule has 0 bridgehead atoms. The van der Waals surface area contributed by atoms with Crippen molar-refractivity contribution in [1.82, 2.24) is 24.9 Å². The first-order valence-corrected chi connectivity index (χ1v) is 6.93. The lowest BCUT2D eigenvalue weighted by molar-refractivity contribution is -0.0503. The van der Waals surface area contributed by atoms with E-state index in [1.807, 2.05) is 29.2 Å². The molecule has 1 aliphatic heterocycles. The van der Waals surface area contributed by atoms with Gasteiger partial charge in [-0.1, -0.05) is 11.3 Å². The van der Waals surface area contributed by atoms with Crippen LogP contribution in [0.25, 0.3) is 0 Å². The molecule has 0 aliphatic carbocycles. The molecule has 2 aromatic heterocycles. The van der Waals surface area contributed by atoms with Gasteiger partial charge in [0.2, 0.25) is 0 Å². The second-order valence-corrected chi connectivity index (χ2v) is 5.04. The van der Waals surface area contributed by atoms with Gasteiger partial charge < -0.3 is 4.74 Å². The highest BCUT2D eigenvalue weighted by Crippen LogP contribution is 2.21. The summed E-state index contributed by atoms with van der Waals surface area (Å²) in [5, 5.41) is 7.82. The van der Waals surface area contributed by atoms with Crippen LogP contribution in [0.15, 0.2) is 36.8 Å². The number of pyridine rings is 1. The minimum Gasteiger partial charge on any atom is -0.374 e. The fourth-order valence-electron chi connectivity index (χ4n) is 2.55. The number of rotatable bonds is 4. The Hall–Kier alpha value is -1.79. The Morgan fingerprint density at radius 3 is 3.10 bits per heavy atom. The summed E-state index contributed by atoms with van der Waals surface area (Å²) in [7, 11) is 0. The molecule has 3 heterocycles. The van der Waals surface area contributed by atoms with Crippen molar-refractivity contribution in [3.05, 3.63) is 42.5 Å². The summed E-state index contributed by atoms with van der Waals surface area (Å²) < 4.78 is 7.64. The lowest BCUT2D eigenvalue weighted by Crippen LogP contribution is -2.45. The summed E-state index contributed by atoms with van der Waals surface area (Å²) in [6, 6.07) is 6.36. The quantitative estimate of drug-likeness (QED) is 0.836. The number of nitrogens with zero attached hydrogens (tertiary/aromatic N) is 5. The minimum absolute atomic E-state index is 0.150. The summed E-state index contributed by atoms with van der Waals surface area (Å²) in [6.45, 7) is 5.51. The number of ether oxygens (including phenoxy) is 1. The van der Waals surface area contributed by atoms with Crippen molar-refractivity contribution in [2.45, 2.75) is 25.6 Å². The van der Waals surface area contributed by atoms with Gasteiger partial charge in [0, 0.05) is 31.5 Å². The first kappa shape index (κ1) is 13.2. The van der Waals surface area contributed by atoms with E-state index in [0.717, 1.165) is 31.9 Å². The first-order valence-electron chi connectivity index (χ1n) is 6.93. The van der Waals surface area contributed by atoms with Crippen LogP contribution in [-0.4, -0.2) is 50.7 Å². The molecule has 6 heteroatoms. The third-order valence-electron chi connectivity index (χ3n) is 3.70. The van der Waals surface area contributed by atoms with Gasteiger partial charge in [-0.2, -0.15) is 0 Å². The number of hydrogen-bond donors (Lipinski definition) is 0. The van der Waals surface area contributed by atoms with Crippen LogP contribution in [0.1, 0.15) is 18.7 Å².